The Labute approximate surface area is 162 Å². The second-order valence-electron chi connectivity index (χ2n) is 10.3. The minimum Gasteiger partial charge on any atom is -0.462 e. The van der Waals surface area contributed by atoms with Crippen LogP contribution in [-0.2, 0) is 19.1 Å². The third kappa shape index (κ3) is 2.73. The van der Waals surface area contributed by atoms with Crippen LogP contribution in [0.3, 0.4) is 0 Å². The van der Waals surface area contributed by atoms with Gasteiger partial charge in [0.25, 0.3) is 0 Å². The van der Waals surface area contributed by atoms with Gasteiger partial charge >= 0.3 is 5.97 Å². The largest absolute Gasteiger partial charge is 0.462 e. The Balaban J connectivity index is 1.72. The minimum absolute atomic E-state index is 0.00580. The van der Waals surface area contributed by atoms with Gasteiger partial charge in [-0.25, -0.2) is 0 Å². The van der Waals surface area contributed by atoms with E-state index < -0.39 is 0 Å². The van der Waals surface area contributed by atoms with E-state index in [1.54, 1.807) is 6.92 Å². The molecule has 0 unspecified atom stereocenters. The Morgan fingerprint density at radius 1 is 1.04 bits per heavy atom. The summed E-state index contributed by atoms with van der Waals surface area (Å²) < 4.78 is 5.93. The van der Waals surface area contributed by atoms with Gasteiger partial charge in [0.1, 0.15) is 17.7 Å². The Morgan fingerprint density at radius 3 is 2.44 bits per heavy atom. The van der Waals surface area contributed by atoms with Gasteiger partial charge in [-0.3, -0.25) is 14.4 Å². The summed E-state index contributed by atoms with van der Waals surface area (Å²) in [6, 6.07) is 0. The number of fused-ring (bicyclic) bond motifs is 5. The molecule has 0 aliphatic heterocycles. The summed E-state index contributed by atoms with van der Waals surface area (Å²) in [5.74, 6) is 2.47. The van der Waals surface area contributed by atoms with Crippen molar-refractivity contribution in [1.29, 1.82) is 0 Å². The lowest BCUT2D eigenvalue weighted by Crippen LogP contribution is -2.59. The van der Waals surface area contributed by atoms with E-state index in [1.807, 2.05) is 0 Å². The number of rotatable bonds is 2. The number of ether oxygens (including phenoxy) is 1. The maximum atomic E-state index is 12.4. The first kappa shape index (κ1) is 19.1. The number of esters is 1. The molecule has 8 atom stereocenters. The van der Waals surface area contributed by atoms with Gasteiger partial charge in [-0.05, 0) is 74.5 Å². The van der Waals surface area contributed by atoms with Crippen molar-refractivity contribution < 1.29 is 19.1 Å². The van der Waals surface area contributed by atoms with E-state index in [4.69, 9.17) is 4.74 Å². The van der Waals surface area contributed by atoms with Gasteiger partial charge in [0.15, 0.2) is 0 Å². The Hall–Kier alpha value is -1.19. The molecule has 0 N–H and O–H groups in total. The third-order valence-corrected chi connectivity index (χ3v) is 9.36. The van der Waals surface area contributed by atoms with E-state index in [0.717, 1.165) is 44.9 Å². The van der Waals surface area contributed by atoms with Crippen molar-refractivity contribution in [2.24, 2.45) is 40.4 Å². The summed E-state index contributed by atoms with van der Waals surface area (Å²) in [6.07, 6.45) is 7.39. The van der Waals surface area contributed by atoms with E-state index in [9.17, 15) is 14.4 Å². The quantitative estimate of drug-likeness (QED) is 0.675. The SMILES string of the molecule is CC(=O)O[C@H]1C[C@@H]2[C@H](CC[C@H]3CC(=O)CC[C@@]32C)[C@H]2CC[C@@H](C(C)=O)[C@]12C. The smallest absolute Gasteiger partial charge is 0.302 e. The average Bonchev–Trinajstić information content (AvgIpc) is 2.95. The lowest BCUT2D eigenvalue weighted by Gasteiger charge is -2.61. The normalized spacial score (nSPS) is 49.0. The molecule has 4 fully saturated rings. The molecule has 0 amide bonds. The molecular formula is C23H34O4. The first-order chi connectivity index (χ1) is 12.7. The van der Waals surface area contributed by atoms with Crippen molar-refractivity contribution >= 4 is 17.5 Å². The molecule has 150 valence electrons. The Morgan fingerprint density at radius 2 is 1.78 bits per heavy atom. The molecule has 0 saturated heterocycles. The maximum absolute atomic E-state index is 12.4. The van der Waals surface area contributed by atoms with Crippen LogP contribution >= 0.6 is 0 Å². The molecule has 4 aliphatic carbocycles. The van der Waals surface area contributed by atoms with Crippen LogP contribution in [0, 0.1) is 40.4 Å². The highest BCUT2D eigenvalue weighted by Gasteiger charge is 2.65. The lowest BCUT2D eigenvalue weighted by molar-refractivity contribution is -0.191. The second-order valence-corrected chi connectivity index (χ2v) is 10.3. The topological polar surface area (TPSA) is 60.4 Å². The van der Waals surface area contributed by atoms with Crippen LogP contribution in [0.15, 0.2) is 0 Å². The fourth-order valence-electron chi connectivity index (χ4n) is 8.02. The van der Waals surface area contributed by atoms with Gasteiger partial charge in [-0.15, -0.1) is 0 Å². The molecule has 4 nitrogen and oxygen atoms in total. The first-order valence-corrected chi connectivity index (χ1v) is 10.9. The molecule has 0 aromatic carbocycles. The van der Waals surface area contributed by atoms with Crippen LogP contribution in [-0.4, -0.2) is 23.6 Å². The zero-order valence-corrected chi connectivity index (χ0v) is 17.3. The van der Waals surface area contributed by atoms with E-state index >= 15 is 0 Å². The summed E-state index contributed by atoms with van der Waals surface area (Å²) in [4.78, 5) is 36.5. The van der Waals surface area contributed by atoms with Crippen molar-refractivity contribution in [3.63, 3.8) is 0 Å². The Bertz CT molecular complexity index is 669. The van der Waals surface area contributed by atoms with Gasteiger partial charge in [-0.2, -0.15) is 0 Å². The van der Waals surface area contributed by atoms with Crippen molar-refractivity contribution in [3.05, 3.63) is 0 Å². The number of carbonyl (C=O) groups excluding carboxylic acids is 3. The zero-order chi connectivity index (χ0) is 19.6. The van der Waals surface area contributed by atoms with E-state index in [0.29, 0.717) is 35.9 Å². The van der Waals surface area contributed by atoms with Crippen LogP contribution < -0.4 is 0 Å². The molecule has 0 aromatic rings. The monoisotopic (exact) mass is 374 g/mol. The van der Waals surface area contributed by atoms with Crippen molar-refractivity contribution in [2.45, 2.75) is 85.2 Å². The van der Waals surface area contributed by atoms with Crippen molar-refractivity contribution in [2.75, 3.05) is 0 Å². The summed E-state index contributed by atoms with van der Waals surface area (Å²) in [7, 11) is 0. The highest BCUT2D eigenvalue weighted by molar-refractivity contribution is 5.80. The molecule has 0 radical (unpaired) electrons. The number of hydrogen-bond donors (Lipinski definition) is 0. The molecular weight excluding hydrogens is 340 g/mol. The van der Waals surface area contributed by atoms with Crippen LogP contribution in [0.1, 0.15) is 79.1 Å². The van der Waals surface area contributed by atoms with Gasteiger partial charge in [0.05, 0.1) is 0 Å². The highest BCUT2D eigenvalue weighted by atomic mass is 16.5. The molecule has 0 aromatic heterocycles. The number of Topliss-reactive ketones (excluding diaryl/α,β-unsaturated/α-hetero) is 2. The van der Waals surface area contributed by atoms with Crippen LogP contribution in [0.4, 0.5) is 0 Å². The standard InChI is InChI=1S/C23H34O4/c1-13(24)18-7-8-19-17-6-5-15-11-16(26)9-10-22(15,3)20(17)12-21(23(18,19)4)27-14(2)25/h15,17-21H,5-12H2,1-4H3/t15-,17+,18-,19+,20+,21-,22-,23-/m0/s1. The fraction of sp³-hybridized carbons (Fsp3) is 0.870. The molecule has 4 heteroatoms. The number of carbonyl (C=O) groups is 3. The zero-order valence-electron chi connectivity index (χ0n) is 17.3. The second kappa shape index (κ2) is 6.42. The molecule has 0 spiro atoms. The maximum Gasteiger partial charge on any atom is 0.302 e. The van der Waals surface area contributed by atoms with Crippen LogP contribution in [0.2, 0.25) is 0 Å². The van der Waals surface area contributed by atoms with Gasteiger partial charge < -0.3 is 4.74 Å². The fourth-order valence-corrected chi connectivity index (χ4v) is 8.02. The van der Waals surface area contributed by atoms with Gasteiger partial charge in [0, 0.05) is 31.1 Å². The van der Waals surface area contributed by atoms with Crippen molar-refractivity contribution in [1.82, 2.24) is 0 Å². The molecule has 0 bridgehead atoms. The summed E-state index contributed by atoms with van der Waals surface area (Å²) >= 11 is 0. The van der Waals surface area contributed by atoms with Crippen LogP contribution in [0.25, 0.3) is 0 Å². The Kier molecular flexibility index (Phi) is 4.55. The van der Waals surface area contributed by atoms with Crippen molar-refractivity contribution in [3.8, 4) is 0 Å². The van der Waals surface area contributed by atoms with E-state index in [1.165, 1.54) is 6.92 Å². The highest BCUT2D eigenvalue weighted by Crippen LogP contribution is 2.67. The predicted octanol–water partition coefficient (Wildman–Crippen LogP) is 4.35. The van der Waals surface area contributed by atoms with Crippen LogP contribution in [0.5, 0.6) is 0 Å². The molecule has 0 heterocycles. The molecule has 27 heavy (non-hydrogen) atoms. The molecule has 4 aliphatic rings. The first-order valence-electron chi connectivity index (χ1n) is 10.9. The number of ketones is 2. The third-order valence-electron chi connectivity index (χ3n) is 9.36. The summed E-state index contributed by atoms with van der Waals surface area (Å²) in [6.45, 7) is 7.82. The van der Waals surface area contributed by atoms with E-state index in [2.05, 4.69) is 13.8 Å². The van der Waals surface area contributed by atoms with E-state index in [-0.39, 0.29) is 34.6 Å². The number of hydrogen-bond acceptors (Lipinski definition) is 4. The average molecular weight is 375 g/mol. The molecule has 4 rings (SSSR count). The van der Waals surface area contributed by atoms with Gasteiger partial charge in [0.2, 0.25) is 0 Å². The van der Waals surface area contributed by atoms with Gasteiger partial charge in [-0.1, -0.05) is 13.8 Å². The minimum atomic E-state index is -0.232. The molecule has 4 saturated carbocycles. The summed E-state index contributed by atoms with van der Waals surface area (Å²) in [5, 5.41) is 0. The summed E-state index contributed by atoms with van der Waals surface area (Å²) in [5.41, 5.74) is -0.0583. The lowest BCUT2D eigenvalue weighted by atomic mass is 9.44. The predicted molar refractivity (Wildman–Crippen MR) is 102 cm³/mol.